The Morgan fingerprint density at radius 2 is 2.17 bits per heavy atom. The molecule has 0 spiro atoms. The summed E-state index contributed by atoms with van der Waals surface area (Å²) in [7, 11) is 0. The molecule has 7 atom stereocenters. The predicted octanol–water partition coefficient (Wildman–Crippen LogP) is 2.15. The molecule has 0 unspecified atom stereocenters. The van der Waals surface area contributed by atoms with Crippen LogP contribution in [0.15, 0.2) is 12.2 Å². The van der Waals surface area contributed by atoms with Gasteiger partial charge in [-0.3, -0.25) is 4.79 Å². The fourth-order valence-electron chi connectivity index (χ4n) is 4.36. The lowest BCUT2D eigenvalue weighted by Crippen LogP contribution is -2.51. The van der Waals surface area contributed by atoms with Crippen LogP contribution in [0.4, 0.5) is 0 Å². The number of aliphatic hydroxyl groups is 1. The van der Waals surface area contributed by atoms with Gasteiger partial charge in [-0.25, -0.2) is 0 Å². The summed E-state index contributed by atoms with van der Waals surface area (Å²) in [5.41, 5.74) is 0.0736. The third-order valence-corrected chi connectivity index (χ3v) is 5.60. The average Bonchev–Trinajstić information content (AvgIpc) is 2.60. The molecule has 3 rings (SSSR count). The van der Waals surface area contributed by atoms with E-state index in [1.54, 1.807) is 0 Å². The first-order valence-corrected chi connectivity index (χ1v) is 7.02. The SMILES string of the molecule is C[C@H]1[C@@H]2[C@@H]3OC(=O)[C@@H](C)[C@@H]3CC[C@@]2(C)C=C[C@H]1O. The van der Waals surface area contributed by atoms with E-state index >= 15 is 0 Å². The Labute approximate surface area is 108 Å². The molecule has 18 heavy (non-hydrogen) atoms. The van der Waals surface area contributed by atoms with Crippen molar-refractivity contribution in [2.75, 3.05) is 0 Å². The second-order valence-corrected chi connectivity index (χ2v) is 6.63. The van der Waals surface area contributed by atoms with E-state index in [2.05, 4.69) is 19.9 Å². The first-order chi connectivity index (χ1) is 8.44. The molecule has 1 N–H and O–H groups in total. The first kappa shape index (κ1) is 12.2. The molecule has 1 saturated heterocycles. The van der Waals surface area contributed by atoms with Crippen LogP contribution in [0.3, 0.4) is 0 Å². The molecule has 0 amide bonds. The highest BCUT2D eigenvalue weighted by Crippen LogP contribution is 2.55. The maximum Gasteiger partial charge on any atom is 0.309 e. The van der Waals surface area contributed by atoms with E-state index in [-0.39, 0.29) is 35.2 Å². The molecule has 2 aliphatic carbocycles. The summed E-state index contributed by atoms with van der Waals surface area (Å²) >= 11 is 0. The Bertz CT molecular complexity index is 403. The monoisotopic (exact) mass is 250 g/mol. The van der Waals surface area contributed by atoms with Crippen molar-refractivity contribution in [3.63, 3.8) is 0 Å². The number of esters is 1. The summed E-state index contributed by atoms with van der Waals surface area (Å²) in [6.45, 7) is 6.30. The summed E-state index contributed by atoms with van der Waals surface area (Å²) < 4.78 is 5.65. The van der Waals surface area contributed by atoms with E-state index in [1.807, 2.05) is 13.0 Å². The molecule has 0 radical (unpaired) electrons. The van der Waals surface area contributed by atoms with E-state index in [9.17, 15) is 9.90 Å². The lowest BCUT2D eigenvalue weighted by Gasteiger charge is -2.51. The summed E-state index contributed by atoms with van der Waals surface area (Å²) in [5.74, 6) is 0.730. The van der Waals surface area contributed by atoms with Crippen LogP contribution in [0.2, 0.25) is 0 Å². The van der Waals surface area contributed by atoms with Crippen LogP contribution in [0.25, 0.3) is 0 Å². The molecule has 2 fully saturated rings. The molecule has 0 bridgehead atoms. The Balaban J connectivity index is 1.98. The summed E-state index contributed by atoms with van der Waals surface area (Å²) in [4.78, 5) is 11.8. The van der Waals surface area contributed by atoms with Gasteiger partial charge in [0.1, 0.15) is 6.10 Å². The lowest BCUT2D eigenvalue weighted by molar-refractivity contribution is -0.151. The fourth-order valence-corrected chi connectivity index (χ4v) is 4.36. The second kappa shape index (κ2) is 3.83. The van der Waals surface area contributed by atoms with Crippen LogP contribution in [0, 0.1) is 29.1 Å². The maximum atomic E-state index is 11.8. The smallest absolute Gasteiger partial charge is 0.309 e. The molecule has 1 saturated carbocycles. The standard InChI is InChI=1S/C15H22O3/c1-8-10-4-6-15(3)7-5-11(16)9(2)12(15)13(10)18-14(8)17/h5,7-13,16H,4,6H2,1-3H3/t8-,9+,10-,11+,12+,13+,15-/m0/s1. The van der Waals surface area contributed by atoms with Gasteiger partial charge in [0, 0.05) is 11.8 Å². The van der Waals surface area contributed by atoms with Gasteiger partial charge >= 0.3 is 5.97 Å². The predicted molar refractivity (Wildman–Crippen MR) is 67.7 cm³/mol. The maximum absolute atomic E-state index is 11.8. The molecule has 1 heterocycles. The number of carbonyl (C=O) groups is 1. The minimum absolute atomic E-state index is 0.000787. The van der Waals surface area contributed by atoms with Crippen molar-refractivity contribution in [2.45, 2.75) is 45.8 Å². The fraction of sp³-hybridized carbons (Fsp3) is 0.800. The zero-order chi connectivity index (χ0) is 13.1. The van der Waals surface area contributed by atoms with E-state index < -0.39 is 6.10 Å². The average molecular weight is 250 g/mol. The Hall–Kier alpha value is -0.830. The van der Waals surface area contributed by atoms with Gasteiger partial charge in [0.05, 0.1) is 12.0 Å². The van der Waals surface area contributed by atoms with Crippen molar-refractivity contribution in [2.24, 2.45) is 29.1 Å². The summed E-state index contributed by atoms with van der Waals surface area (Å²) in [5, 5.41) is 10.1. The zero-order valence-electron chi connectivity index (χ0n) is 11.3. The molecule has 1 aliphatic heterocycles. The molecule has 0 aromatic carbocycles. The number of carbonyl (C=O) groups excluding carboxylic acids is 1. The van der Waals surface area contributed by atoms with Gasteiger partial charge in [0.2, 0.25) is 0 Å². The van der Waals surface area contributed by atoms with Gasteiger partial charge in [-0.15, -0.1) is 0 Å². The van der Waals surface area contributed by atoms with Crippen molar-refractivity contribution in [1.29, 1.82) is 0 Å². The lowest BCUT2D eigenvalue weighted by atomic mass is 9.55. The second-order valence-electron chi connectivity index (χ2n) is 6.63. The third kappa shape index (κ3) is 1.49. The van der Waals surface area contributed by atoms with Crippen molar-refractivity contribution in [3.8, 4) is 0 Å². The van der Waals surface area contributed by atoms with E-state index in [0.29, 0.717) is 5.92 Å². The Morgan fingerprint density at radius 1 is 1.44 bits per heavy atom. The van der Waals surface area contributed by atoms with Gasteiger partial charge in [-0.1, -0.05) is 32.9 Å². The van der Waals surface area contributed by atoms with E-state index in [4.69, 9.17) is 4.74 Å². The first-order valence-electron chi connectivity index (χ1n) is 7.02. The van der Waals surface area contributed by atoms with Gasteiger partial charge in [-0.2, -0.15) is 0 Å². The van der Waals surface area contributed by atoms with E-state index in [1.165, 1.54) is 0 Å². The minimum atomic E-state index is -0.406. The highest BCUT2D eigenvalue weighted by Gasteiger charge is 2.57. The van der Waals surface area contributed by atoms with Crippen LogP contribution in [-0.4, -0.2) is 23.3 Å². The molecule has 100 valence electrons. The molecule has 0 aromatic heterocycles. The highest BCUT2D eigenvalue weighted by atomic mass is 16.6. The Morgan fingerprint density at radius 3 is 2.89 bits per heavy atom. The molecule has 3 nitrogen and oxygen atoms in total. The van der Waals surface area contributed by atoms with Crippen molar-refractivity contribution in [3.05, 3.63) is 12.2 Å². The number of hydrogen-bond acceptors (Lipinski definition) is 3. The van der Waals surface area contributed by atoms with Crippen LogP contribution in [-0.2, 0) is 9.53 Å². The largest absolute Gasteiger partial charge is 0.461 e. The van der Waals surface area contributed by atoms with Gasteiger partial charge in [0.15, 0.2) is 0 Å². The van der Waals surface area contributed by atoms with Crippen molar-refractivity contribution in [1.82, 2.24) is 0 Å². The summed E-state index contributed by atoms with van der Waals surface area (Å²) in [6, 6.07) is 0. The topological polar surface area (TPSA) is 46.5 Å². The van der Waals surface area contributed by atoms with Crippen LogP contribution in [0.1, 0.15) is 33.6 Å². The van der Waals surface area contributed by atoms with Crippen LogP contribution >= 0.6 is 0 Å². The van der Waals surface area contributed by atoms with Crippen molar-refractivity contribution < 1.29 is 14.6 Å². The summed E-state index contributed by atoms with van der Waals surface area (Å²) in [6.07, 6.45) is 5.81. The third-order valence-electron chi connectivity index (χ3n) is 5.60. The quantitative estimate of drug-likeness (QED) is 0.529. The van der Waals surface area contributed by atoms with Gasteiger partial charge in [-0.05, 0) is 24.2 Å². The van der Waals surface area contributed by atoms with Crippen LogP contribution < -0.4 is 0 Å². The molecular weight excluding hydrogens is 228 g/mol. The number of aliphatic hydroxyl groups excluding tert-OH is 1. The molecule has 3 aliphatic rings. The van der Waals surface area contributed by atoms with Crippen molar-refractivity contribution >= 4 is 5.97 Å². The van der Waals surface area contributed by atoms with Crippen LogP contribution in [0.5, 0.6) is 0 Å². The zero-order valence-corrected chi connectivity index (χ0v) is 11.3. The Kier molecular flexibility index (Phi) is 2.60. The number of ether oxygens (including phenoxy) is 1. The van der Waals surface area contributed by atoms with E-state index in [0.717, 1.165) is 12.8 Å². The number of allylic oxidation sites excluding steroid dienone is 1. The van der Waals surface area contributed by atoms with Gasteiger partial charge in [0.25, 0.3) is 0 Å². The molecule has 0 aromatic rings. The molecular formula is C15H22O3. The number of hydrogen-bond donors (Lipinski definition) is 1. The van der Waals surface area contributed by atoms with Gasteiger partial charge < -0.3 is 9.84 Å². The molecule has 3 heteroatoms. The number of fused-ring (bicyclic) bond motifs is 3. The normalized spacial score (nSPS) is 54.8. The number of rotatable bonds is 0. The minimum Gasteiger partial charge on any atom is -0.461 e. The highest BCUT2D eigenvalue weighted by molar-refractivity contribution is 5.75.